The first-order valence-electron chi connectivity index (χ1n) is 10.2. The number of thioether (sulfide) groups is 1. The molecule has 178 valence electrons. The first-order valence-corrected chi connectivity index (χ1v) is 11.0. The SMILES string of the molecule is COc1cc(/C=C2/SC(=O)N(CC(=O)OC(C)C)C2=O)ccc1OCc1ccc([N+](=O)[O-])cc1. The van der Waals surface area contributed by atoms with Gasteiger partial charge in [0.2, 0.25) is 0 Å². The summed E-state index contributed by atoms with van der Waals surface area (Å²) in [5, 5.41) is 10.2. The second-order valence-electron chi connectivity index (χ2n) is 7.43. The molecule has 0 bridgehead atoms. The molecule has 34 heavy (non-hydrogen) atoms. The average molecular weight is 487 g/mol. The second-order valence-corrected chi connectivity index (χ2v) is 8.42. The standard InChI is InChI=1S/C23H22N2O8S/c1-14(2)33-21(26)12-24-22(27)20(34-23(24)28)11-16-6-9-18(19(10-16)31-3)32-13-15-4-7-17(8-5-15)25(29)30/h4-11,14H,12-13H2,1-3H3/b20-11+. The van der Waals surface area contributed by atoms with Crippen LogP contribution >= 0.6 is 11.8 Å². The van der Waals surface area contributed by atoms with Crippen LogP contribution in [0, 0.1) is 10.1 Å². The van der Waals surface area contributed by atoms with Gasteiger partial charge < -0.3 is 14.2 Å². The summed E-state index contributed by atoms with van der Waals surface area (Å²) < 4.78 is 16.1. The van der Waals surface area contributed by atoms with Crippen LogP contribution in [0.25, 0.3) is 6.08 Å². The summed E-state index contributed by atoms with van der Waals surface area (Å²) in [4.78, 5) is 47.9. The van der Waals surface area contributed by atoms with Gasteiger partial charge in [0.05, 0.1) is 23.0 Å². The summed E-state index contributed by atoms with van der Waals surface area (Å²) in [7, 11) is 1.46. The number of methoxy groups -OCH3 is 1. The molecule has 0 aromatic heterocycles. The van der Waals surface area contributed by atoms with E-state index in [1.54, 1.807) is 44.2 Å². The fraction of sp³-hybridized carbons (Fsp3) is 0.261. The van der Waals surface area contributed by atoms with Crippen LogP contribution in [-0.4, -0.2) is 46.7 Å². The number of nitro benzene ring substituents is 1. The molecule has 1 aliphatic heterocycles. The molecule has 0 saturated carbocycles. The number of carbonyl (C=O) groups is 3. The Bertz CT molecular complexity index is 1140. The molecule has 0 unspecified atom stereocenters. The number of amides is 2. The van der Waals surface area contributed by atoms with Crippen molar-refractivity contribution in [1.29, 1.82) is 0 Å². The number of hydrogen-bond acceptors (Lipinski definition) is 9. The summed E-state index contributed by atoms with van der Waals surface area (Å²) in [6.07, 6.45) is 1.18. The molecule has 2 aromatic carbocycles. The normalized spacial score (nSPS) is 14.6. The van der Waals surface area contributed by atoms with Crippen LogP contribution in [0.5, 0.6) is 11.5 Å². The third-order valence-corrected chi connectivity index (χ3v) is 5.46. The lowest BCUT2D eigenvalue weighted by molar-refractivity contribution is -0.384. The van der Waals surface area contributed by atoms with Crippen molar-refractivity contribution < 1.29 is 33.5 Å². The van der Waals surface area contributed by atoms with E-state index in [0.717, 1.165) is 22.2 Å². The Morgan fingerprint density at radius 2 is 1.85 bits per heavy atom. The van der Waals surface area contributed by atoms with Crippen molar-refractivity contribution in [3.63, 3.8) is 0 Å². The molecular weight excluding hydrogens is 464 g/mol. The number of imide groups is 1. The van der Waals surface area contributed by atoms with Crippen LogP contribution in [0.2, 0.25) is 0 Å². The number of esters is 1. The smallest absolute Gasteiger partial charge is 0.326 e. The van der Waals surface area contributed by atoms with Crippen LogP contribution < -0.4 is 9.47 Å². The molecule has 0 aliphatic carbocycles. The van der Waals surface area contributed by atoms with E-state index in [2.05, 4.69) is 0 Å². The molecule has 0 N–H and O–H groups in total. The maximum atomic E-state index is 12.6. The van der Waals surface area contributed by atoms with Gasteiger partial charge in [0.1, 0.15) is 13.2 Å². The molecule has 0 spiro atoms. The van der Waals surface area contributed by atoms with Gasteiger partial charge in [-0.1, -0.05) is 6.07 Å². The molecule has 1 aliphatic rings. The Balaban J connectivity index is 1.70. The number of benzene rings is 2. The topological polar surface area (TPSA) is 125 Å². The lowest BCUT2D eigenvalue weighted by Gasteiger charge is -2.13. The molecule has 2 amide bonds. The highest BCUT2D eigenvalue weighted by atomic mass is 32.2. The van der Waals surface area contributed by atoms with E-state index in [4.69, 9.17) is 14.2 Å². The molecule has 0 atom stereocenters. The van der Waals surface area contributed by atoms with E-state index in [0.29, 0.717) is 17.1 Å². The van der Waals surface area contributed by atoms with Gasteiger partial charge in [-0.05, 0) is 67.1 Å². The highest BCUT2D eigenvalue weighted by Crippen LogP contribution is 2.34. The van der Waals surface area contributed by atoms with Crippen molar-refractivity contribution >= 4 is 40.6 Å². The van der Waals surface area contributed by atoms with Gasteiger partial charge in [-0.3, -0.25) is 29.4 Å². The number of non-ortho nitro benzene ring substituents is 1. The zero-order valence-electron chi connectivity index (χ0n) is 18.7. The summed E-state index contributed by atoms with van der Waals surface area (Å²) in [5.41, 5.74) is 1.32. The predicted octanol–water partition coefficient (Wildman–Crippen LogP) is 4.17. The number of nitro groups is 1. The Morgan fingerprint density at radius 1 is 1.15 bits per heavy atom. The summed E-state index contributed by atoms with van der Waals surface area (Å²) in [6.45, 7) is 3.08. The summed E-state index contributed by atoms with van der Waals surface area (Å²) in [5.74, 6) is -0.402. The van der Waals surface area contributed by atoms with E-state index in [9.17, 15) is 24.5 Å². The van der Waals surface area contributed by atoms with Gasteiger partial charge in [0.25, 0.3) is 16.8 Å². The number of rotatable bonds is 9. The zero-order valence-corrected chi connectivity index (χ0v) is 19.5. The molecule has 0 radical (unpaired) electrons. The van der Waals surface area contributed by atoms with Crippen molar-refractivity contribution in [2.45, 2.75) is 26.6 Å². The van der Waals surface area contributed by atoms with E-state index >= 15 is 0 Å². The minimum Gasteiger partial charge on any atom is -0.493 e. The van der Waals surface area contributed by atoms with E-state index < -0.39 is 28.6 Å². The largest absolute Gasteiger partial charge is 0.493 e. The van der Waals surface area contributed by atoms with Crippen LogP contribution in [0.3, 0.4) is 0 Å². The second kappa shape index (κ2) is 10.8. The van der Waals surface area contributed by atoms with Gasteiger partial charge in [-0.2, -0.15) is 0 Å². The fourth-order valence-corrected chi connectivity index (χ4v) is 3.82. The minimum absolute atomic E-state index is 0.00749. The Hall–Kier alpha value is -3.86. The fourth-order valence-electron chi connectivity index (χ4n) is 2.99. The molecule has 2 aromatic rings. The number of hydrogen-bond donors (Lipinski definition) is 0. The molecule has 3 rings (SSSR count). The molecular formula is C23H22N2O8S. The van der Waals surface area contributed by atoms with Gasteiger partial charge >= 0.3 is 5.97 Å². The van der Waals surface area contributed by atoms with Gasteiger partial charge in [0.15, 0.2) is 11.5 Å². The van der Waals surface area contributed by atoms with Gasteiger partial charge in [-0.15, -0.1) is 0 Å². The highest BCUT2D eigenvalue weighted by molar-refractivity contribution is 8.18. The Labute approximate surface area is 199 Å². The molecule has 11 heteroatoms. The maximum absolute atomic E-state index is 12.6. The van der Waals surface area contributed by atoms with E-state index in [1.807, 2.05) is 0 Å². The van der Waals surface area contributed by atoms with Crippen LogP contribution in [0.4, 0.5) is 10.5 Å². The Morgan fingerprint density at radius 3 is 2.47 bits per heavy atom. The van der Waals surface area contributed by atoms with Crippen LogP contribution in [-0.2, 0) is 20.9 Å². The molecule has 1 fully saturated rings. The zero-order chi connectivity index (χ0) is 24.8. The molecule has 10 nitrogen and oxygen atoms in total. The average Bonchev–Trinajstić information content (AvgIpc) is 3.05. The number of nitrogens with zero attached hydrogens (tertiary/aromatic N) is 2. The maximum Gasteiger partial charge on any atom is 0.326 e. The lowest BCUT2D eigenvalue weighted by atomic mass is 10.1. The third kappa shape index (κ3) is 6.13. The van der Waals surface area contributed by atoms with Crippen molar-refractivity contribution in [2.75, 3.05) is 13.7 Å². The summed E-state index contributed by atoms with van der Waals surface area (Å²) in [6, 6.07) is 11.0. The van der Waals surface area contributed by atoms with E-state index in [-0.39, 0.29) is 23.3 Å². The van der Waals surface area contributed by atoms with Crippen LogP contribution in [0.15, 0.2) is 47.4 Å². The predicted molar refractivity (Wildman–Crippen MR) is 124 cm³/mol. The quantitative estimate of drug-likeness (QED) is 0.222. The minimum atomic E-state index is -0.658. The number of ether oxygens (including phenoxy) is 3. The first kappa shape index (κ1) is 24.8. The van der Waals surface area contributed by atoms with Crippen molar-refractivity contribution in [3.8, 4) is 11.5 Å². The van der Waals surface area contributed by atoms with Gasteiger partial charge in [-0.25, -0.2) is 0 Å². The lowest BCUT2D eigenvalue weighted by Crippen LogP contribution is -2.35. The van der Waals surface area contributed by atoms with Crippen molar-refractivity contribution in [3.05, 3.63) is 68.6 Å². The molecule has 1 saturated heterocycles. The highest BCUT2D eigenvalue weighted by Gasteiger charge is 2.36. The number of carbonyl (C=O) groups excluding carboxylic acids is 3. The van der Waals surface area contributed by atoms with Gasteiger partial charge in [0, 0.05) is 12.1 Å². The monoisotopic (exact) mass is 486 g/mol. The van der Waals surface area contributed by atoms with Crippen molar-refractivity contribution in [2.24, 2.45) is 0 Å². The Kier molecular flexibility index (Phi) is 7.90. The molecule has 1 heterocycles. The van der Waals surface area contributed by atoms with E-state index in [1.165, 1.54) is 25.3 Å². The third-order valence-electron chi connectivity index (χ3n) is 4.55. The first-order chi connectivity index (χ1) is 16.2. The van der Waals surface area contributed by atoms with Crippen LogP contribution in [0.1, 0.15) is 25.0 Å². The summed E-state index contributed by atoms with van der Waals surface area (Å²) >= 11 is 0.737. The van der Waals surface area contributed by atoms with Crippen molar-refractivity contribution in [1.82, 2.24) is 4.90 Å².